The van der Waals surface area contributed by atoms with Crippen molar-refractivity contribution in [2.24, 2.45) is 0 Å². The lowest BCUT2D eigenvalue weighted by Crippen LogP contribution is -2.13. The van der Waals surface area contributed by atoms with Crippen LogP contribution in [0.2, 0.25) is 0 Å². The molecular weight excluding hydrogens is 334 g/mol. The minimum atomic E-state index is 0.317. The van der Waals surface area contributed by atoms with Crippen molar-refractivity contribution in [1.82, 2.24) is 15.5 Å². The molecule has 1 N–H and O–H groups in total. The van der Waals surface area contributed by atoms with Gasteiger partial charge in [-0.2, -0.15) is 4.98 Å². The SMILES string of the molecule is CCNCc1cccc(Br)c1OCc1noc(C2CC2)n1. The molecule has 1 aliphatic rings. The van der Waals surface area contributed by atoms with E-state index in [9.17, 15) is 0 Å². The van der Waals surface area contributed by atoms with Crippen LogP contribution in [0, 0.1) is 0 Å². The molecule has 0 aliphatic heterocycles. The first kappa shape index (κ1) is 14.5. The number of rotatable bonds is 7. The van der Waals surface area contributed by atoms with Crippen molar-refractivity contribution in [3.8, 4) is 5.75 Å². The summed E-state index contributed by atoms with van der Waals surface area (Å²) >= 11 is 3.53. The van der Waals surface area contributed by atoms with Gasteiger partial charge < -0.3 is 14.6 Å². The Morgan fingerprint density at radius 2 is 2.29 bits per heavy atom. The molecule has 1 saturated carbocycles. The van der Waals surface area contributed by atoms with Gasteiger partial charge in [-0.1, -0.05) is 24.2 Å². The largest absolute Gasteiger partial charge is 0.484 e. The first-order valence-corrected chi connectivity index (χ1v) is 8.00. The highest BCUT2D eigenvalue weighted by Crippen LogP contribution is 2.39. The molecule has 0 saturated heterocycles. The topological polar surface area (TPSA) is 60.2 Å². The molecule has 6 heteroatoms. The predicted octanol–water partition coefficient (Wildman–Crippen LogP) is 3.40. The fourth-order valence-electron chi connectivity index (χ4n) is 2.07. The highest BCUT2D eigenvalue weighted by Gasteiger charge is 2.29. The van der Waals surface area contributed by atoms with Crippen LogP contribution in [0.25, 0.3) is 0 Å². The molecule has 1 heterocycles. The van der Waals surface area contributed by atoms with Gasteiger partial charge in [-0.25, -0.2) is 0 Å². The highest BCUT2D eigenvalue weighted by atomic mass is 79.9. The second-order valence-electron chi connectivity index (χ2n) is 5.12. The zero-order chi connectivity index (χ0) is 14.7. The fourth-order valence-corrected chi connectivity index (χ4v) is 2.59. The summed E-state index contributed by atoms with van der Waals surface area (Å²) in [5.74, 6) is 2.64. The number of nitrogens with zero attached hydrogens (tertiary/aromatic N) is 2. The Balaban J connectivity index is 1.68. The number of halogens is 1. The lowest BCUT2D eigenvalue weighted by atomic mass is 10.2. The van der Waals surface area contributed by atoms with E-state index in [0.29, 0.717) is 18.3 Å². The van der Waals surface area contributed by atoms with Gasteiger partial charge in [-0.3, -0.25) is 0 Å². The van der Waals surface area contributed by atoms with Gasteiger partial charge in [0.1, 0.15) is 5.75 Å². The molecule has 1 aromatic heterocycles. The Bertz CT molecular complexity index is 611. The summed E-state index contributed by atoms with van der Waals surface area (Å²) in [5, 5.41) is 7.28. The van der Waals surface area contributed by atoms with E-state index >= 15 is 0 Å². The van der Waals surface area contributed by atoms with Gasteiger partial charge in [0.2, 0.25) is 11.7 Å². The van der Waals surface area contributed by atoms with Crippen molar-refractivity contribution in [1.29, 1.82) is 0 Å². The molecule has 0 radical (unpaired) electrons. The average molecular weight is 352 g/mol. The summed E-state index contributed by atoms with van der Waals surface area (Å²) in [5.41, 5.74) is 1.11. The standard InChI is InChI=1S/C15H18BrN3O2/c1-2-17-8-11-4-3-5-12(16)14(11)20-9-13-18-15(21-19-13)10-6-7-10/h3-5,10,17H,2,6-9H2,1H3. The monoisotopic (exact) mass is 351 g/mol. The van der Waals surface area contributed by atoms with Crippen LogP contribution in [0.5, 0.6) is 5.75 Å². The van der Waals surface area contributed by atoms with E-state index in [1.54, 1.807) is 0 Å². The first-order valence-electron chi connectivity index (χ1n) is 7.21. The van der Waals surface area contributed by atoms with E-state index in [1.807, 2.05) is 12.1 Å². The summed E-state index contributed by atoms with van der Waals surface area (Å²) in [6, 6.07) is 6.02. The van der Waals surface area contributed by atoms with E-state index < -0.39 is 0 Å². The molecule has 0 atom stereocenters. The van der Waals surface area contributed by atoms with Crippen molar-refractivity contribution >= 4 is 15.9 Å². The second-order valence-corrected chi connectivity index (χ2v) is 5.97. The van der Waals surface area contributed by atoms with Gasteiger partial charge in [0.05, 0.1) is 4.47 Å². The van der Waals surface area contributed by atoms with E-state index in [-0.39, 0.29) is 0 Å². The third-order valence-electron chi connectivity index (χ3n) is 3.37. The van der Waals surface area contributed by atoms with E-state index in [1.165, 1.54) is 0 Å². The van der Waals surface area contributed by atoms with Crippen molar-refractivity contribution < 1.29 is 9.26 Å². The minimum Gasteiger partial charge on any atom is -0.484 e. The summed E-state index contributed by atoms with van der Waals surface area (Å²) in [6.07, 6.45) is 2.30. The average Bonchev–Trinajstić information content (AvgIpc) is 3.23. The van der Waals surface area contributed by atoms with Gasteiger partial charge in [-0.05, 0) is 41.4 Å². The fraction of sp³-hybridized carbons (Fsp3) is 0.467. The van der Waals surface area contributed by atoms with E-state index in [0.717, 1.165) is 47.6 Å². The number of para-hydroxylation sites is 1. The Morgan fingerprint density at radius 3 is 3.05 bits per heavy atom. The van der Waals surface area contributed by atoms with Crippen molar-refractivity contribution in [3.63, 3.8) is 0 Å². The molecule has 0 spiro atoms. The molecule has 0 unspecified atom stereocenters. The van der Waals surface area contributed by atoms with E-state index in [4.69, 9.17) is 9.26 Å². The van der Waals surface area contributed by atoms with Crippen LogP contribution in [0.15, 0.2) is 27.2 Å². The van der Waals surface area contributed by atoms with Gasteiger partial charge in [-0.15, -0.1) is 0 Å². The molecule has 0 bridgehead atoms. The Kier molecular flexibility index (Phi) is 4.55. The molecular formula is C15H18BrN3O2. The van der Waals surface area contributed by atoms with Crippen LogP contribution in [0.4, 0.5) is 0 Å². The zero-order valence-electron chi connectivity index (χ0n) is 11.9. The highest BCUT2D eigenvalue weighted by molar-refractivity contribution is 9.10. The van der Waals surface area contributed by atoms with Crippen LogP contribution in [0.3, 0.4) is 0 Å². The second kappa shape index (κ2) is 6.58. The Hall–Kier alpha value is -1.40. The van der Waals surface area contributed by atoms with Crippen LogP contribution in [0.1, 0.15) is 43.0 Å². The summed E-state index contributed by atoms with van der Waals surface area (Å²) in [6.45, 7) is 4.08. The molecule has 21 heavy (non-hydrogen) atoms. The normalized spacial score (nSPS) is 14.4. The number of hydrogen-bond acceptors (Lipinski definition) is 5. The maximum absolute atomic E-state index is 5.89. The molecule has 1 fully saturated rings. The van der Waals surface area contributed by atoms with Crippen LogP contribution < -0.4 is 10.1 Å². The van der Waals surface area contributed by atoms with Crippen molar-refractivity contribution in [2.45, 2.75) is 38.8 Å². The summed E-state index contributed by atoms with van der Waals surface area (Å²) in [4.78, 5) is 4.38. The molecule has 2 aromatic rings. The Labute approximate surface area is 132 Å². The third kappa shape index (κ3) is 3.63. The third-order valence-corrected chi connectivity index (χ3v) is 3.99. The van der Waals surface area contributed by atoms with Crippen LogP contribution in [-0.4, -0.2) is 16.7 Å². The van der Waals surface area contributed by atoms with Gasteiger partial charge in [0, 0.05) is 18.0 Å². The lowest BCUT2D eigenvalue weighted by molar-refractivity contribution is 0.280. The lowest BCUT2D eigenvalue weighted by Gasteiger charge is -2.12. The van der Waals surface area contributed by atoms with E-state index in [2.05, 4.69) is 44.4 Å². The molecule has 1 aromatic carbocycles. The Morgan fingerprint density at radius 1 is 1.43 bits per heavy atom. The van der Waals surface area contributed by atoms with Gasteiger partial charge in [0.15, 0.2) is 6.61 Å². The number of aromatic nitrogens is 2. The molecule has 0 amide bonds. The first-order chi connectivity index (χ1) is 10.3. The van der Waals surface area contributed by atoms with Gasteiger partial charge in [0.25, 0.3) is 0 Å². The minimum absolute atomic E-state index is 0.317. The van der Waals surface area contributed by atoms with Crippen LogP contribution in [-0.2, 0) is 13.2 Å². The molecule has 5 nitrogen and oxygen atoms in total. The zero-order valence-corrected chi connectivity index (χ0v) is 13.5. The van der Waals surface area contributed by atoms with Gasteiger partial charge >= 0.3 is 0 Å². The number of benzene rings is 1. The molecule has 1 aliphatic carbocycles. The number of hydrogen-bond donors (Lipinski definition) is 1. The number of nitrogens with one attached hydrogen (secondary N) is 1. The molecule has 3 rings (SSSR count). The van der Waals surface area contributed by atoms with Crippen molar-refractivity contribution in [3.05, 3.63) is 40.0 Å². The summed E-state index contributed by atoms with van der Waals surface area (Å²) in [7, 11) is 0. The number of ether oxygens (including phenoxy) is 1. The smallest absolute Gasteiger partial charge is 0.229 e. The predicted molar refractivity (Wildman–Crippen MR) is 82.1 cm³/mol. The van der Waals surface area contributed by atoms with Crippen molar-refractivity contribution in [2.75, 3.05) is 6.54 Å². The summed E-state index contributed by atoms with van der Waals surface area (Å²) < 4.78 is 12.1. The van der Waals surface area contributed by atoms with Crippen LogP contribution >= 0.6 is 15.9 Å². The maximum Gasteiger partial charge on any atom is 0.229 e. The molecule has 112 valence electrons. The quantitative estimate of drug-likeness (QED) is 0.828. The maximum atomic E-state index is 5.89.